The highest BCUT2D eigenvalue weighted by molar-refractivity contribution is 5.86. The second-order valence-corrected chi connectivity index (χ2v) is 8.52. The van der Waals surface area contributed by atoms with E-state index in [2.05, 4.69) is 0 Å². The predicted octanol–water partition coefficient (Wildman–Crippen LogP) is 2.30. The average Bonchev–Trinajstić information content (AvgIpc) is 3.41. The monoisotopic (exact) mass is 474 g/mol. The minimum absolute atomic E-state index is 0.0359. The van der Waals surface area contributed by atoms with Crippen LogP contribution in [0.2, 0.25) is 0 Å². The number of aldehydes is 1. The number of hydrogen-bond acceptors (Lipinski definition) is 6. The smallest absolute Gasteiger partial charge is 0.326 e. The van der Waals surface area contributed by atoms with Crippen molar-refractivity contribution < 1.29 is 37.7 Å². The molecule has 1 atom stereocenters. The van der Waals surface area contributed by atoms with Gasteiger partial charge < -0.3 is 19.5 Å². The Morgan fingerprint density at radius 1 is 1.21 bits per heavy atom. The van der Waals surface area contributed by atoms with E-state index in [1.165, 1.54) is 17.0 Å². The molecule has 1 unspecified atom stereocenters. The molecule has 0 radical (unpaired) electrons. The second-order valence-electron chi connectivity index (χ2n) is 8.52. The van der Waals surface area contributed by atoms with Crippen LogP contribution in [0, 0.1) is 11.6 Å². The molecule has 0 bridgehead atoms. The molecule has 1 N–H and O–H groups in total. The summed E-state index contributed by atoms with van der Waals surface area (Å²) in [5.74, 6) is -4.03. The fourth-order valence-electron chi connectivity index (χ4n) is 4.44. The minimum atomic E-state index is -1.13. The van der Waals surface area contributed by atoms with Crippen LogP contribution in [0.1, 0.15) is 22.3 Å². The molecule has 0 saturated carbocycles. The van der Waals surface area contributed by atoms with Gasteiger partial charge in [0, 0.05) is 30.2 Å². The zero-order valence-electron chi connectivity index (χ0n) is 18.5. The van der Waals surface area contributed by atoms with E-state index in [9.17, 15) is 28.3 Å². The number of benzene rings is 2. The maximum Gasteiger partial charge on any atom is 0.326 e. The largest absolute Gasteiger partial charge is 0.480 e. The second kappa shape index (κ2) is 9.57. The van der Waals surface area contributed by atoms with Gasteiger partial charge in [0.05, 0.1) is 26.3 Å². The molecule has 2 heterocycles. The summed E-state index contributed by atoms with van der Waals surface area (Å²) in [6, 6.07) is 6.95. The molecule has 2 fully saturated rings. The van der Waals surface area contributed by atoms with Crippen molar-refractivity contribution >= 4 is 18.2 Å². The van der Waals surface area contributed by atoms with Crippen molar-refractivity contribution in [3.05, 3.63) is 59.2 Å². The van der Waals surface area contributed by atoms with Crippen molar-refractivity contribution in [3.63, 3.8) is 0 Å². The van der Waals surface area contributed by atoms with Crippen molar-refractivity contribution in [1.29, 1.82) is 0 Å². The van der Waals surface area contributed by atoms with Gasteiger partial charge in [0.15, 0.2) is 5.79 Å². The van der Waals surface area contributed by atoms with E-state index >= 15 is 0 Å². The van der Waals surface area contributed by atoms with E-state index in [4.69, 9.17) is 9.47 Å². The quantitative estimate of drug-likeness (QED) is 0.616. The number of likely N-dealkylation sites (N-methyl/N-ethyl adjacent to an activating group) is 1. The highest BCUT2D eigenvalue weighted by atomic mass is 19.1. The van der Waals surface area contributed by atoms with Crippen LogP contribution in [0.3, 0.4) is 0 Å². The molecule has 0 aromatic heterocycles. The summed E-state index contributed by atoms with van der Waals surface area (Å²) in [5, 5.41) is 9.56. The van der Waals surface area contributed by atoms with Gasteiger partial charge in [0.25, 0.3) is 0 Å². The van der Waals surface area contributed by atoms with Crippen molar-refractivity contribution in [3.8, 4) is 11.1 Å². The number of hydrogen-bond donors (Lipinski definition) is 1. The number of likely N-dealkylation sites (tertiary alicyclic amines) is 1. The Kier molecular flexibility index (Phi) is 6.74. The molecule has 1 amide bonds. The average molecular weight is 474 g/mol. The highest BCUT2D eigenvalue weighted by Crippen LogP contribution is 2.35. The Morgan fingerprint density at radius 2 is 1.94 bits per heavy atom. The van der Waals surface area contributed by atoms with Crippen LogP contribution in [0.15, 0.2) is 36.4 Å². The van der Waals surface area contributed by atoms with E-state index in [0.717, 1.165) is 12.1 Å². The topological polar surface area (TPSA) is 96.4 Å². The van der Waals surface area contributed by atoms with Crippen molar-refractivity contribution in [1.82, 2.24) is 9.80 Å². The number of ether oxygens (including phenoxy) is 2. The number of aliphatic carboxylic acids is 1. The minimum Gasteiger partial charge on any atom is -0.480 e. The van der Waals surface area contributed by atoms with Gasteiger partial charge in [-0.3, -0.25) is 14.5 Å². The summed E-state index contributed by atoms with van der Waals surface area (Å²) >= 11 is 0. The molecule has 2 saturated heterocycles. The van der Waals surface area contributed by atoms with E-state index in [1.807, 2.05) is 0 Å². The van der Waals surface area contributed by atoms with Gasteiger partial charge in [-0.1, -0.05) is 12.1 Å². The third kappa shape index (κ3) is 4.84. The summed E-state index contributed by atoms with van der Waals surface area (Å²) in [5.41, 5.74) is 1.49. The van der Waals surface area contributed by atoms with E-state index in [1.54, 1.807) is 24.1 Å². The number of carboxylic acids is 1. The lowest BCUT2D eigenvalue weighted by atomic mass is 9.99. The summed E-state index contributed by atoms with van der Waals surface area (Å²) in [4.78, 5) is 39.2. The van der Waals surface area contributed by atoms with Crippen LogP contribution in [0.5, 0.6) is 0 Å². The van der Waals surface area contributed by atoms with Crippen LogP contribution in [0.25, 0.3) is 11.1 Å². The van der Waals surface area contributed by atoms with Crippen LogP contribution < -0.4 is 0 Å². The number of halogens is 2. The molecule has 2 aromatic rings. The maximum atomic E-state index is 14.1. The molecular formula is C24H24F2N2O6. The van der Waals surface area contributed by atoms with Gasteiger partial charge in [0.1, 0.15) is 24.0 Å². The van der Waals surface area contributed by atoms with E-state index in [-0.39, 0.29) is 31.6 Å². The fourth-order valence-corrected chi connectivity index (χ4v) is 4.44. The van der Waals surface area contributed by atoms with Gasteiger partial charge in [-0.2, -0.15) is 0 Å². The maximum absolute atomic E-state index is 14.1. The molecule has 1 spiro atoms. The first kappa shape index (κ1) is 23.9. The van der Waals surface area contributed by atoms with Gasteiger partial charge in [0.2, 0.25) is 5.91 Å². The molecular weight excluding hydrogens is 450 g/mol. The molecule has 180 valence electrons. The predicted molar refractivity (Wildman–Crippen MR) is 116 cm³/mol. The van der Waals surface area contributed by atoms with Crippen LogP contribution in [0.4, 0.5) is 8.78 Å². The number of carbonyl (C=O) groups is 3. The molecule has 2 aliphatic heterocycles. The Labute approximate surface area is 194 Å². The Hall–Kier alpha value is -3.21. The third-order valence-corrected chi connectivity index (χ3v) is 6.07. The lowest BCUT2D eigenvalue weighted by Gasteiger charge is -2.25. The number of carboxylic acid groups (broad SMARTS) is 1. The van der Waals surface area contributed by atoms with E-state index < -0.39 is 35.3 Å². The van der Waals surface area contributed by atoms with Crippen molar-refractivity contribution in [2.24, 2.45) is 0 Å². The lowest BCUT2D eigenvalue weighted by molar-refractivity contribution is -0.152. The SMILES string of the molecule is CN(CC(=O)N1CC2(CC1C(=O)O)OCCO2)Cc1ccc(-c2ccc(F)cc2F)cc1C=O. The number of amides is 1. The molecule has 2 aliphatic rings. The normalized spacial score (nSPS) is 19.2. The molecule has 10 heteroatoms. The van der Waals surface area contributed by atoms with Gasteiger partial charge in [-0.25, -0.2) is 13.6 Å². The summed E-state index contributed by atoms with van der Waals surface area (Å²) in [6.07, 6.45) is 0.698. The number of carbonyl (C=O) groups excluding carboxylic acids is 2. The first-order valence-corrected chi connectivity index (χ1v) is 10.7. The van der Waals surface area contributed by atoms with Gasteiger partial charge >= 0.3 is 5.97 Å². The van der Waals surface area contributed by atoms with Crippen LogP contribution in [-0.4, -0.2) is 78.2 Å². The molecule has 34 heavy (non-hydrogen) atoms. The summed E-state index contributed by atoms with van der Waals surface area (Å²) < 4.78 is 38.5. The Balaban J connectivity index is 1.46. The molecule has 2 aromatic carbocycles. The standard InChI is InChI=1S/C24H24F2N2O6/c1-27(12-22(30)28-14-24(33-6-7-34-24)10-21(28)23(31)32)11-16-3-2-15(8-17(16)13-29)19-5-4-18(25)9-20(19)26/h2-5,8-9,13,21H,6-7,10-12,14H2,1H3,(H,31,32). The van der Waals surface area contributed by atoms with Gasteiger partial charge in [-0.05, 0) is 36.4 Å². The molecule has 4 rings (SSSR count). The molecule has 8 nitrogen and oxygen atoms in total. The zero-order valence-corrected chi connectivity index (χ0v) is 18.5. The number of rotatable bonds is 7. The fraction of sp³-hybridized carbons (Fsp3) is 0.375. The van der Waals surface area contributed by atoms with Crippen molar-refractivity contribution in [2.75, 3.05) is 33.4 Å². The summed E-state index contributed by atoms with van der Waals surface area (Å²) in [6.45, 7) is 0.859. The third-order valence-electron chi connectivity index (χ3n) is 6.07. The first-order chi connectivity index (χ1) is 16.2. The summed E-state index contributed by atoms with van der Waals surface area (Å²) in [7, 11) is 1.67. The highest BCUT2D eigenvalue weighted by Gasteiger charge is 2.52. The van der Waals surface area contributed by atoms with Crippen molar-refractivity contribution in [2.45, 2.75) is 24.8 Å². The number of nitrogens with zero attached hydrogens (tertiary/aromatic N) is 2. The Bertz CT molecular complexity index is 1120. The molecule has 0 aliphatic carbocycles. The van der Waals surface area contributed by atoms with Crippen LogP contribution >= 0.6 is 0 Å². The zero-order chi connectivity index (χ0) is 24.5. The van der Waals surface area contributed by atoms with Gasteiger partial charge in [-0.15, -0.1) is 0 Å². The van der Waals surface area contributed by atoms with Crippen LogP contribution in [-0.2, 0) is 25.6 Å². The van der Waals surface area contributed by atoms with E-state index in [0.29, 0.717) is 36.2 Å². The first-order valence-electron chi connectivity index (χ1n) is 10.7. The lowest BCUT2D eigenvalue weighted by Crippen LogP contribution is -2.45. The Morgan fingerprint density at radius 3 is 2.59 bits per heavy atom.